The number of hydrogen-bond donors (Lipinski definition) is 3. The van der Waals surface area contributed by atoms with Gasteiger partial charge in [-0.1, -0.05) is 6.92 Å². The van der Waals surface area contributed by atoms with Crippen LogP contribution in [0.25, 0.3) is 11.3 Å². The minimum Gasteiger partial charge on any atom is -0.473 e. The van der Waals surface area contributed by atoms with Crippen LogP contribution in [-0.4, -0.2) is 70.0 Å². The summed E-state index contributed by atoms with van der Waals surface area (Å²) >= 11 is 0. The highest BCUT2D eigenvalue weighted by atomic mass is 19.1. The van der Waals surface area contributed by atoms with Crippen LogP contribution in [0, 0.1) is 18.3 Å². The molecule has 39 heavy (non-hydrogen) atoms. The number of aliphatic hydroxyl groups is 1. The van der Waals surface area contributed by atoms with Gasteiger partial charge in [-0.25, -0.2) is 19.3 Å². The molecule has 0 aliphatic carbocycles. The van der Waals surface area contributed by atoms with Gasteiger partial charge in [-0.05, 0) is 56.2 Å². The molecule has 0 bridgehead atoms. The van der Waals surface area contributed by atoms with Crippen molar-refractivity contribution in [1.29, 1.82) is 5.26 Å². The van der Waals surface area contributed by atoms with Crippen molar-refractivity contribution in [3.63, 3.8) is 0 Å². The number of aryl methyl sites for hydroxylation is 1. The molecule has 1 fully saturated rings. The van der Waals surface area contributed by atoms with Crippen LogP contribution in [0.5, 0.6) is 5.88 Å². The molecule has 1 atom stereocenters. The van der Waals surface area contributed by atoms with Gasteiger partial charge in [-0.3, -0.25) is 4.90 Å². The van der Waals surface area contributed by atoms with E-state index in [1.807, 2.05) is 39.8 Å². The van der Waals surface area contributed by atoms with Crippen LogP contribution >= 0.6 is 0 Å². The zero-order chi connectivity index (χ0) is 27.7. The van der Waals surface area contributed by atoms with Crippen molar-refractivity contribution in [2.75, 3.05) is 43.4 Å². The predicted molar refractivity (Wildman–Crippen MR) is 148 cm³/mol. The molecule has 1 saturated heterocycles. The van der Waals surface area contributed by atoms with Crippen molar-refractivity contribution >= 4 is 17.3 Å². The van der Waals surface area contributed by atoms with Crippen molar-refractivity contribution in [3.8, 4) is 23.2 Å². The quantitative estimate of drug-likeness (QED) is 0.375. The fraction of sp³-hybridized carbons (Fsp3) is 0.448. The van der Waals surface area contributed by atoms with Gasteiger partial charge in [0.15, 0.2) is 0 Å². The first-order valence-corrected chi connectivity index (χ1v) is 13.3. The van der Waals surface area contributed by atoms with Crippen molar-refractivity contribution in [1.82, 2.24) is 19.9 Å². The highest BCUT2D eigenvalue weighted by Gasteiger charge is 2.36. The summed E-state index contributed by atoms with van der Waals surface area (Å²) in [4.78, 5) is 16.0. The van der Waals surface area contributed by atoms with E-state index in [1.165, 1.54) is 0 Å². The number of aromatic nitrogens is 3. The number of hydrogen-bond acceptors (Lipinski definition) is 9. The lowest BCUT2D eigenvalue weighted by Crippen LogP contribution is -2.49. The number of nitriles is 1. The number of anilines is 3. The van der Waals surface area contributed by atoms with Gasteiger partial charge in [-0.2, -0.15) is 5.26 Å². The van der Waals surface area contributed by atoms with Crippen LogP contribution in [0.3, 0.4) is 0 Å². The highest BCUT2D eigenvalue weighted by molar-refractivity contribution is 5.76. The molecule has 3 aromatic rings. The molecule has 2 aliphatic heterocycles. The average Bonchev–Trinajstić information content (AvgIpc) is 3.24. The van der Waals surface area contributed by atoms with Gasteiger partial charge in [0.25, 0.3) is 0 Å². The summed E-state index contributed by atoms with van der Waals surface area (Å²) < 4.78 is 19.2. The molecule has 0 radical (unpaired) electrons. The summed E-state index contributed by atoms with van der Waals surface area (Å²) in [5, 5.41) is 26.3. The molecule has 1 aromatic carbocycles. The molecule has 0 amide bonds. The van der Waals surface area contributed by atoms with Crippen molar-refractivity contribution in [2.45, 2.75) is 51.8 Å². The first kappa shape index (κ1) is 26.8. The highest BCUT2D eigenvalue weighted by Crippen LogP contribution is 2.41. The Kier molecular flexibility index (Phi) is 7.38. The molecule has 2 aliphatic rings. The minimum absolute atomic E-state index is 0.0344. The summed E-state index contributed by atoms with van der Waals surface area (Å²) in [5.41, 5.74) is 5.66. The van der Waals surface area contributed by atoms with Crippen molar-refractivity contribution in [3.05, 3.63) is 52.8 Å². The van der Waals surface area contributed by atoms with Crippen LogP contribution in [0.4, 0.5) is 21.7 Å². The van der Waals surface area contributed by atoms with Gasteiger partial charge in [0.1, 0.15) is 17.9 Å². The Morgan fingerprint density at radius 2 is 2.10 bits per heavy atom. The maximum Gasteiger partial charge on any atom is 0.238 e. The Morgan fingerprint density at radius 3 is 2.79 bits per heavy atom. The Bertz CT molecular complexity index is 1420. The minimum atomic E-state index is -0.722. The summed E-state index contributed by atoms with van der Waals surface area (Å²) in [6.07, 6.45) is 1.56. The number of nitrogens with zero attached hydrogens (tertiary/aromatic N) is 5. The van der Waals surface area contributed by atoms with Crippen molar-refractivity contribution < 1.29 is 14.2 Å². The fourth-order valence-electron chi connectivity index (χ4n) is 5.01. The standard InChI is InChI=1S/C29H34FN7O2/c1-17(2)39-27-25(9-18(3)23(34-27)6-8-37-13-21(30)14-37)36-28-32-7-5-24(35-28)19-10-20(12-31)26-22(11-19)29(4,16-38)15-33-26/h5,7,9-11,17,21,33,38H,6,8,13-16H2,1-4H3,(H,32,35,36)/t29-/m1/s1. The molecule has 0 unspecified atom stereocenters. The number of benzene rings is 1. The molecule has 10 heteroatoms. The molecular weight excluding hydrogens is 497 g/mol. The van der Waals surface area contributed by atoms with Crippen LogP contribution in [0.2, 0.25) is 0 Å². The van der Waals surface area contributed by atoms with Gasteiger partial charge in [0.2, 0.25) is 11.8 Å². The van der Waals surface area contributed by atoms with E-state index in [2.05, 4.69) is 26.6 Å². The smallest absolute Gasteiger partial charge is 0.238 e. The third kappa shape index (κ3) is 5.51. The summed E-state index contributed by atoms with van der Waals surface area (Å²) in [6, 6.07) is 9.83. The zero-order valence-electron chi connectivity index (χ0n) is 22.8. The largest absolute Gasteiger partial charge is 0.473 e. The van der Waals surface area contributed by atoms with E-state index in [-0.39, 0.29) is 12.7 Å². The number of ether oxygens (including phenoxy) is 1. The van der Waals surface area contributed by atoms with E-state index in [1.54, 1.807) is 18.3 Å². The van der Waals surface area contributed by atoms with E-state index in [0.717, 1.165) is 34.6 Å². The summed E-state index contributed by atoms with van der Waals surface area (Å²) in [6.45, 7) is 10.1. The lowest BCUT2D eigenvalue weighted by Gasteiger charge is -2.34. The lowest BCUT2D eigenvalue weighted by molar-refractivity contribution is 0.0667. The molecule has 204 valence electrons. The molecule has 3 N–H and O–H groups in total. The monoisotopic (exact) mass is 531 g/mol. The van der Waals surface area contributed by atoms with E-state index >= 15 is 0 Å². The Balaban J connectivity index is 1.43. The van der Waals surface area contributed by atoms with Gasteiger partial charge < -0.3 is 20.5 Å². The number of fused-ring (bicyclic) bond motifs is 1. The zero-order valence-corrected chi connectivity index (χ0v) is 22.8. The fourth-order valence-corrected chi connectivity index (χ4v) is 5.01. The molecule has 0 saturated carbocycles. The third-order valence-electron chi connectivity index (χ3n) is 7.32. The number of pyridine rings is 1. The van der Waals surface area contributed by atoms with E-state index < -0.39 is 11.6 Å². The second kappa shape index (κ2) is 10.8. The Labute approximate surface area is 228 Å². The first-order chi connectivity index (χ1) is 18.7. The topological polar surface area (TPSA) is 119 Å². The predicted octanol–water partition coefficient (Wildman–Crippen LogP) is 4.12. The summed E-state index contributed by atoms with van der Waals surface area (Å²) in [5.74, 6) is 0.826. The molecule has 9 nitrogen and oxygen atoms in total. The number of likely N-dealkylation sites (tertiary alicyclic amines) is 1. The molecule has 5 rings (SSSR count). The second-order valence-electron chi connectivity index (χ2n) is 10.9. The van der Waals surface area contributed by atoms with E-state index in [9.17, 15) is 14.8 Å². The van der Waals surface area contributed by atoms with Gasteiger partial charge >= 0.3 is 0 Å². The maximum atomic E-state index is 13.2. The van der Waals surface area contributed by atoms with E-state index in [4.69, 9.17) is 14.7 Å². The maximum absolute atomic E-state index is 13.2. The van der Waals surface area contributed by atoms with Crippen LogP contribution in [-0.2, 0) is 11.8 Å². The number of rotatable bonds is 9. The first-order valence-electron chi connectivity index (χ1n) is 13.3. The van der Waals surface area contributed by atoms with Gasteiger partial charge in [-0.15, -0.1) is 0 Å². The summed E-state index contributed by atoms with van der Waals surface area (Å²) in [7, 11) is 0. The number of alkyl halides is 1. The molecule has 0 spiro atoms. The third-order valence-corrected chi connectivity index (χ3v) is 7.32. The average molecular weight is 532 g/mol. The Morgan fingerprint density at radius 1 is 1.31 bits per heavy atom. The molecule has 4 heterocycles. The van der Waals surface area contributed by atoms with E-state index in [0.29, 0.717) is 54.8 Å². The number of aliphatic hydroxyl groups excluding tert-OH is 1. The normalized spacial score (nSPS) is 18.8. The van der Waals surface area contributed by atoms with Gasteiger partial charge in [0.05, 0.1) is 29.7 Å². The van der Waals surface area contributed by atoms with Gasteiger partial charge in [0, 0.05) is 55.5 Å². The molecule has 2 aromatic heterocycles. The molecular formula is C29H34FN7O2. The van der Waals surface area contributed by atoms with Crippen LogP contribution < -0.4 is 15.4 Å². The Hall–Kier alpha value is -3.81. The van der Waals surface area contributed by atoms with Crippen LogP contribution in [0.1, 0.15) is 43.2 Å². The lowest BCUT2D eigenvalue weighted by atomic mass is 9.83. The SMILES string of the molecule is Cc1cc(Nc2nccc(-c3cc(C#N)c4c(c3)[C@@](C)(CO)CN4)n2)c(OC(C)C)nc1CCN1CC(F)C1. The second-order valence-corrected chi connectivity index (χ2v) is 10.9. The van der Waals surface area contributed by atoms with Crippen LogP contribution in [0.15, 0.2) is 30.5 Å². The number of halogens is 1. The van der Waals surface area contributed by atoms with Crippen molar-refractivity contribution in [2.24, 2.45) is 0 Å². The number of nitrogens with one attached hydrogen (secondary N) is 2.